The SMILES string of the molecule is CCOC(=O)C1=C(N)N(c2cc(Cl)c(Cl)cc2Cl)C2=C(C(=O)CCC2)C12C(=O)Nc1ccc(C)cc12. The maximum atomic E-state index is 13.9. The van der Waals surface area contributed by atoms with Crippen LogP contribution in [-0.2, 0) is 24.5 Å². The topological polar surface area (TPSA) is 102 Å². The molecule has 0 fully saturated rings. The van der Waals surface area contributed by atoms with E-state index in [0.717, 1.165) is 5.56 Å². The summed E-state index contributed by atoms with van der Waals surface area (Å²) in [5.41, 5.74) is 7.72. The molecule has 5 rings (SSSR count). The Bertz CT molecular complexity index is 1430. The monoisotopic (exact) mass is 545 g/mol. The molecule has 1 atom stereocenters. The highest BCUT2D eigenvalue weighted by molar-refractivity contribution is 6.44. The minimum absolute atomic E-state index is 0.0430. The molecule has 2 heterocycles. The summed E-state index contributed by atoms with van der Waals surface area (Å²) >= 11 is 19.1. The molecule has 0 bridgehead atoms. The maximum Gasteiger partial charge on any atom is 0.339 e. The standard InChI is InChI=1S/C26H22Cl3N3O4/c1-3-36-24(34)22-23(30)32(19-11-15(28)14(27)10-16(19)29)18-5-4-6-20(33)21(18)26(22)13-9-12(2)7-8-17(13)31-25(26)35/h7-11H,3-6,30H2,1-2H3,(H,31,35). The molecule has 0 aromatic heterocycles. The van der Waals surface area contributed by atoms with Crippen molar-refractivity contribution in [2.24, 2.45) is 5.73 Å². The van der Waals surface area contributed by atoms with Gasteiger partial charge in [0.05, 0.1) is 27.4 Å². The van der Waals surface area contributed by atoms with Gasteiger partial charge in [0, 0.05) is 28.9 Å². The Hall–Kier alpha value is -3.00. The Morgan fingerprint density at radius 1 is 1.11 bits per heavy atom. The van der Waals surface area contributed by atoms with Gasteiger partial charge >= 0.3 is 5.97 Å². The maximum absolute atomic E-state index is 13.9. The Morgan fingerprint density at radius 2 is 1.83 bits per heavy atom. The average Bonchev–Trinajstić information content (AvgIpc) is 3.09. The molecule has 0 saturated heterocycles. The molecule has 186 valence electrons. The highest BCUT2D eigenvalue weighted by Gasteiger charge is 2.62. The van der Waals surface area contributed by atoms with Crippen molar-refractivity contribution >= 4 is 63.8 Å². The van der Waals surface area contributed by atoms with E-state index in [2.05, 4.69) is 5.32 Å². The van der Waals surface area contributed by atoms with Gasteiger partial charge in [-0.1, -0.05) is 52.5 Å². The number of halogens is 3. The zero-order valence-electron chi connectivity index (χ0n) is 19.5. The van der Waals surface area contributed by atoms with E-state index in [9.17, 15) is 14.4 Å². The second-order valence-corrected chi connectivity index (χ2v) is 10.1. The van der Waals surface area contributed by atoms with Crippen LogP contribution in [0, 0.1) is 6.92 Å². The molecule has 3 aliphatic rings. The largest absolute Gasteiger partial charge is 0.462 e. The molecule has 1 spiro atoms. The van der Waals surface area contributed by atoms with Gasteiger partial charge in [0.1, 0.15) is 16.8 Å². The van der Waals surface area contributed by atoms with Crippen molar-refractivity contribution in [1.82, 2.24) is 0 Å². The van der Waals surface area contributed by atoms with Crippen LogP contribution in [-0.4, -0.2) is 24.3 Å². The van der Waals surface area contributed by atoms with Crippen molar-refractivity contribution < 1.29 is 19.1 Å². The molecule has 3 N–H and O–H groups in total. The zero-order chi connectivity index (χ0) is 25.9. The first-order valence-electron chi connectivity index (χ1n) is 11.4. The number of aryl methyl sites for hydroxylation is 1. The number of amides is 1. The minimum atomic E-state index is -1.76. The van der Waals surface area contributed by atoms with Gasteiger partial charge in [-0.2, -0.15) is 0 Å². The molecule has 7 nitrogen and oxygen atoms in total. The number of nitrogens with two attached hydrogens (primary N) is 1. The number of esters is 1. The predicted molar refractivity (Wildman–Crippen MR) is 139 cm³/mol. The molecular formula is C26H22Cl3N3O4. The van der Waals surface area contributed by atoms with Crippen LogP contribution < -0.4 is 16.0 Å². The molecule has 0 saturated carbocycles. The number of ether oxygens (including phenoxy) is 1. The molecule has 2 aromatic rings. The quantitative estimate of drug-likeness (QED) is 0.394. The molecule has 1 aliphatic carbocycles. The minimum Gasteiger partial charge on any atom is -0.462 e. The van der Waals surface area contributed by atoms with Gasteiger partial charge < -0.3 is 15.8 Å². The van der Waals surface area contributed by atoms with E-state index in [4.69, 9.17) is 45.3 Å². The third-order valence-electron chi connectivity index (χ3n) is 6.78. The summed E-state index contributed by atoms with van der Waals surface area (Å²) < 4.78 is 5.41. The Morgan fingerprint density at radius 3 is 2.56 bits per heavy atom. The van der Waals surface area contributed by atoms with Crippen molar-refractivity contribution in [2.45, 2.75) is 38.5 Å². The van der Waals surface area contributed by atoms with E-state index in [0.29, 0.717) is 35.5 Å². The molecule has 2 aliphatic heterocycles. The Labute approximate surface area is 222 Å². The van der Waals surface area contributed by atoms with Crippen LogP contribution in [0.15, 0.2) is 53.0 Å². The number of fused-ring (bicyclic) bond motifs is 3. The van der Waals surface area contributed by atoms with E-state index in [-0.39, 0.29) is 50.8 Å². The average molecular weight is 547 g/mol. The second-order valence-electron chi connectivity index (χ2n) is 8.89. The Kier molecular flexibility index (Phi) is 6.06. The number of benzene rings is 2. The lowest BCUT2D eigenvalue weighted by molar-refractivity contribution is -0.140. The van der Waals surface area contributed by atoms with Crippen LogP contribution >= 0.6 is 34.8 Å². The number of anilines is 2. The highest BCUT2D eigenvalue weighted by Crippen LogP contribution is 2.56. The van der Waals surface area contributed by atoms with Gasteiger partial charge in [0.15, 0.2) is 5.78 Å². The van der Waals surface area contributed by atoms with Gasteiger partial charge in [-0.15, -0.1) is 0 Å². The number of carbonyl (C=O) groups is 3. The molecule has 0 radical (unpaired) electrons. The van der Waals surface area contributed by atoms with E-state index in [1.807, 2.05) is 13.0 Å². The van der Waals surface area contributed by atoms with Crippen molar-refractivity contribution in [3.8, 4) is 0 Å². The van der Waals surface area contributed by atoms with Crippen LogP contribution in [0.2, 0.25) is 15.1 Å². The number of rotatable bonds is 3. The van der Waals surface area contributed by atoms with Crippen molar-refractivity contribution in [3.63, 3.8) is 0 Å². The molecule has 36 heavy (non-hydrogen) atoms. The van der Waals surface area contributed by atoms with Gasteiger partial charge in [-0.05, 0) is 44.9 Å². The van der Waals surface area contributed by atoms with Crippen LogP contribution in [0.5, 0.6) is 0 Å². The highest BCUT2D eigenvalue weighted by atomic mass is 35.5. The Balaban J connectivity index is 1.92. The summed E-state index contributed by atoms with van der Waals surface area (Å²) in [6.45, 7) is 3.57. The lowest BCUT2D eigenvalue weighted by Crippen LogP contribution is -2.53. The number of allylic oxidation sites excluding steroid dienone is 1. The van der Waals surface area contributed by atoms with E-state index in [1.54, 1.807) is 19.1 Å². The smallest absolute Gasteiger partial charge is 0.339 e. The van der Waals surface area contributed by atoms with Crippen LogP contribution in [0.25, 0.3) is 0 Å². The fourth-order valence-corrected chi connectivity index (χ4v) is 6.01. The number of hydrogen-bond donors (Lipinski definition) is 2. The fraction of sp³-hybridized carbons (Fsp3) is 0.269. The summed E-state index contributed by atoms with van der Waals surface area (Å²) in [6, 6.07) is 8.39. The van der Waals surface area contributed by atoms with Crippen LogP contribution in [0.3, 0.4) is 0 Å². The van der Waals surface area contributed by atoms with E-state index < -0.39 is 17.3 Å². The molecule has 2 aromatic carbocycles. The van der Waals surface area contributed by atoms with Crippen LogP contribution in [0.4, 0.5) is 11.4 Å². The fourth-order valence-electron chi connectivity index (χ4n) is 5.38. The molecule has 1 amide bonds. The first kappa shape index (κ1) is 24.7. The van der Waals surface area contributed by atoms with Crippen molar-refractivity contribution in [1.29, 1.82) is 0 Å². The number of carbonyl (C=O) groups excluding carboxylic acids is 3. The predicted octanol–water partition coefficient (Wildman–Crippen LogP) is 5.41. The zero-order valence-corrected chi connectivity index (χ0v) is 21.8. The van der Waals surface area contributed by atoms with Crippen molar-refractivity contribution in [3.05, 3.63) is 79.2 Å². The summed E-state index contributed by atoms with van der Waals surface area (Å²) in [4.78, 5) is 42.7. The first-order chi connectivity index (χ1) is 17.1. The van der Waals surface area contributed by atoms with E-state index >= 15 is 0 Å². The van der Waals surface area contributed by atoms with Gasteiger partial charge in [0.2, 0.25) is 5.91 Å². The van der Waals surface area contributed by atoms with Gasteiger partial charge in [-0.25, -0.2) is 4.79 Å². The molecule has 1 unspecified atom stereocenters. The number of nitrogens with zero attached hydrogens (tertiary/aromatic N) is 1. The lowest BCUT2D eigenvalue weighted by Gasteiger charge is -2.44. The normalized spacial score (nSPS) is 21.1. The number of Topliss-reactive ketones (excluding diaryl/α,β-unsaturated/α-hetero) is 1. The van der Waals surface area contributed by atoms with Crippen molar-refractivity contribution in [2.75, 3.05) is 16.8 Å². The third kappa shape index (κ3) is 3.37. The summed E-state index contributed by atoms with van der Waals surface area (Å²) in [6.07, 6.45) is 1.17. The number of ketones is 1. The summed E-state index contributed by atoms with van der Waals surface area (Å²) in [5, 5.41) is 3.52. The van der Waals surface area contributed by atoms with Gasteiger partial charge in [0.25, 0.3) is 0 Å². The second kappa shape index (κ2) is 8.83. The third-order valence-corrected chi connectivity index (χ3v) is 7.80. The van der Waals surface area contributed by atoms with E-state index in [1.165, 1.54) is 17.0 Å². The molecular weight excluding hydrogens is 525 g/mol. The van der Waals surface area contributed by atoms with Crippen LogP contribution in [0.1, 0.15) is 37.3 Å². The summed E-state index contributed by atoms with van der Waals surface area (Å²) in [7, 11) is 0. The molecule has 10 heteroatoms. The lowest BCUT2D eigenvalue weighted by atomic mass is 9.63. The summed E-state index contributed by atoms with van der Waals surface area (Å²) in [5.74, 6) is -1.65. The van der Waals surface area contributed by atoms with Gasteiger partial charge in [-0.3, -0.25) is 14.5 Å². The number of hydrogen-bond acceptors (Lipinski definition) is 6. The number of nitrogens with one attached hydrogen (secondary N) is 1. The first-order valence-corrected chi connectivity index (χ1v) is 12.6.